The van der Waals surface area contributed by atoms with Crippen LogP contribution in [0.2, 0.25) is 0 Å². The number of rotatable bonds is 14. The molecule has 35 heavy (non-hydrogen) atoms. The highest BCUT2D eigenvalue weighted by atomic mass is 16.1. The first kappa shape index (κ1) is 27.3. The number of benzene rings is 2. The summed E-state index contributed by atoms with van der Waals surface area (Å²) in [6.07, 6.45) is 2.66. The van der Waals surface area contributed by atoms with Gasteiger partial charge < -0.3 is 0 Å². The zero-order chi connectivity index (χ0) is 25.5. The predicted octanol–water partition coefficient (Wildman–Crippen LogP) is 5.19. The van der Waals surface area contributed by atoms with Gasteiger partial charge in [-0.25, -0.2) is 0 Å². The van der Waals surface area contributed by atoms with Crippen molar-refractivity contribution in [3.63, 3.8) is 0 Å². The minimum Gasteiger partial charge on any atom is -0.293 e. The molecule has 0 saturated heterocycles. The quantitative estimate of drug-likeness (QED) is 0.223. The van der Waals surface area contributed by atoms with E-state index in [4.69, 9.17) is 0 Å². The molecule has 0 aromatic heterocycles. The molecule has 0 spiro atoms. The minimum atomic E-state index is -0.135. The van der Waals surface area contributed by atoms with Gasteiger partial charge in [-0.2, -0.15) is 10.2 Å². The van der Waals surface area contributed by atoms with E-state index in [1.54, 1.807) is 13.8 Å². The van der Waals surface area contributed by atoms with Crippen molar-refractivity contribution in [2.24, 2.45) is 20.2 Å². The fourth-order valence-electron chi connectivity index (χ4n) is 3.14. The highest BCUT2D eigenvalue weighted by Crippen LogP contribution is 2.06. The van der Waals surface area contributed by atoms with Crippen LogP contribution in [0.1, 0.15) is 47.0 Å². The number of ketones is 2. The van der Waals surface area contributed by atoms with Crippen LogP contribution in [0, 0.1) is 0 Å². The van der Waals surface area contributed by atoms with Crippen LogP contribution in [0.15, 0.2) is 80.9 Å². The van der Waals surface area contributed by atoms with E-state index in [1.165, 1.54) is 13.8 Å². The van der Waals surface area contributed by atoms with E-state index in [0.717, 1.165) is 30.6 Å². The van der Waals surface area contributed by atoms with Gasteiger partial charge in [0.05, 0.1) is 22.8 Å². The van der Waals surface area contributed by atoms with E-state index in [9.17, 15) is 9.59 Å². The zero-order valence-corrected chi connectivity index (χ0v) is 20.9. The molecule has 2 rings (SSSR count). The average Bonchev–Trinajstić information content (AvgIpc) is 2.84. The number of carbonyl (C=O) groups excluding carboxylic acids is 2. The minimum absolute atomic E-state index is 0.135. The topological polar surface area (TPSA) is 108 Å². The molecule has 0 atom stereocenters. The first-order valence-corrected chi connectivity index (χ1v) is 11.7. The molecule has 0 bridgehead atoms. The van der Waals surface area contributed by atoms with E-state index in [0.29, 0.717) is 35.9 Å². The van der Waals surface area contributed by atoms with E-state index in [2.05, 4.69) is 31.0 Å². The Kier molecular flexibility index (Phi) is 11.7. The lowest BCUT2D eigenvalue weighted by atomic mass is 10.1. The molecule has 0 heterocycles. The standard InChI is InChI=1S/C27H34N6O2/c1-20(26(22(3)34)32-30-24-14-8-5-9-15-24)28-18-12-7-13-19-29-21(2)27(23(4)35)33-31-25-16-10-6-11-17-25/h5-6,8-11,14-17,30-31H,7,12-13,18-19H2,1-4H3. The first-order valence-electron chi connectivity index (χ1n) is 11.7. The number of nitrogens with zero attached hydrogens (tertiary/aromatic N) is 4. The van der Waals surface area contributed by atoms with Crippen molar-refractivity contribution in [1.29, 1.82) is 0 Å². The van der Waals surface area contributed by atoms with Gasteiger partial charge in [-0.05, 0) is 57.4 Å². The van der Waals surface area contributed by atoms with Crippen LogP contribution in [0.5, 0.6) is 0 Å². The van der Waals surface area contributed by atoms with E-state index in [1.807, 2.05) is 60.7 Å². The van der Waals surface area contributed by atoms with Crippen LogP contribution < -0.4 is 10.9 Å². The summed E-state index contributed by atoms with van der Waals surface area (Å²) in [4.78, 5) is 33.0. The third-order valence-corrected chi connectivity index (χ3v) is 5.01. The maximum atomic E-state index is 12.0. The second-order valence-corrected chi connectivity index (χ2v) is 7.98. The molecule has 0 aliphatic heterocycles. The van der Waals surface area contributed by atoms with Crippen LogP contribution in [0.3, 0.4) is 0 Å². The number of hydrogen-bond acceptors (Lipinski definition) is 8. The molecule has 0 fully saturated rings. The van der Waals surface area contributed by atoms with E-state index < -0.39 is 0 Å². The monoisotopic (exact) mass is 474 g/mol. The summed E-state index contributed by atoms with van der Waals surface area (Å²) in [5.41, 5.74) is 9.31. The van der Waals surface area contributed by atoms with Crippen LogP contribution in [-0.2, 0) is 9.59 Å². The second-order valence-electron chi connectivity index (χ2n) is 7.98. The molecule has 0 saturated carbocycles. The Morgan fingerprint density at radius 1 is 0.600 bits per heavy atom. The van der Waals surface area contributed by atoms with Crippen LogP contribution in [0.4, 0.5) is 11.4 Å². The Morgan fingerprint density at radius 3 is 1.31 bits per heavy atom. The van der Waals surface area contributed by atoms with E-state index in [-0.39, 0.29) is 11.6 Å². The third-order valence-electron chi connectivity index (χ3n) is 5.01. The van der Waals surface area contributed by atoms with Crippen molar-refractivity contribution in [3.8, 4) is 0 Å². The summed E-state index contributed by atoms with van der Waals surface area (Å²) in [6.45, 7) is 7.78. The maximum absolute atomic E-state index is 12.0. The van der Waals surface area contributed by atoms with Crippen molar-refractivity contribution in [2.75, 3.05) is 23.9 Å². The lowest BCUT2D eigenvalue weighted by molar-refractivity contribution is -0.111. The van der Waals surface area contributed by atoms with Gasteiger partial charge in [0.1, 0.15) is 11.4 Å². The first-order chi connectivity index (χ1) is 16.9. The third kappa shape index (κ3) is 10.2. The highest BCUT2D eigenvalue weighted by molar-refractivity contribution is 6.67. The number of unbranched alkanes of at least 4 members (excludes halogenated alkanes) is 2. The second kappa shape index (κ2) is 15.1. The molecule has 184 valence electrons. The van der Waals surface area contributed by atoms with Crippen molar-refractivity contribution in [2.45, 2.75) is 47.0 Å². The summed E-state index contributed by atoms with van der Waals surface area (Å²) in [5, 5.41) is 8.46. The predicted molar refractivity (Wildman–Crippen MR) is 146 cm³/mol. The molecule has 2 aromatic carbocycles. The Balaban J connectivity index is 1.80. The fraction of sp³-hybridized carbons (Fsp3) is 0.333. The number of carbonyl (C=O) groups is 2. The molecule has 0 radical (unpaired) electrons. The molecule has 2 N–H and O–H groups in total. The highest BCUT2D eigenvalue weighted by Gasteiger charge is 2.11. The Morgan fingerprint density at radius 2 is 0.971 bits per heavy atom. The average molecular weight is 475 g/mol. The number of anilines is 2. The van der Waals surface area contributed by atoms with Gasteiger partial charge >= 0.3 is 0 Å². The van der Waals surface area contributed by atoms with E-state index >= 15 is 0 Å². The molecule has 2 aromatic rings. The van der Waals surface area contributed by atoms with Crippen molar-refractivity contribution in [3.05, 3.63) is 60.7 Å². The Labute approximate surface area is 207 Å². The summed E-state index contributed by atoms with van der Waals surface area (Å²) < 4.78 is 0. The molecule has 0 aliphatic carbocycles. The molecule has 8 nitrogen and oxygen atoms in total. The summed E-state index contributed by atoms with van der Waals surface area (Å²) in [7, 11) is 0. The number of aliphatic imine (C=N–C) groups is 2. The van der Waals surface area contributed by atoms with Gasteiger partial charge in [0.15, 0.2) is 11.6 Å². The number of hydrazone groups is 2. The molecule has 0 unspecified atom stereocenters. The molecule has 0 amide bonds. The molecule has 0 aliphatic rings. The lowest BCUT2D eigenvalue weighted by Crippen LogP contribution is -2.21. The maximum Gasteiger partial charge on any atom is 0.181 e. The van der Waals surface area contributed by atoms with Crippen molar-refractivity contribution >= 4 is 45.8 Å². The molecule has 8 heteroatoms. The molecular weight excluding hydrogens is 440 g/mol. The normalized spacial score (nSPS) is 12.9. The SMILES string of the molecule is CC(=O)C(=NNc1ccccc1)C(C)=NCCCCCN=C(C)C(=NNc1ccccc1)C(C)=O. The van der Waals surface area contributed by atoms with Crippen LogP contribution >= 0.6 is 0 Å². The number of hydrogen-bond donors (Lipinski definition) is 2. The number of Topliss-reactive ketones (excluding diaryl/α,β-unsaturated/α-hetero) is 2. The van der Waals surface area contributed by atoms with Crippen LogP contribution in [0.25, 0.3) is 0 Å². The Hall–Kier alpha value is -3.94. The lowest BCUT2D eigenvalue weighted by Gasteiger charge is -2.06. The van der Waals surface area contributed by atoms with Gasteiger partial charge in [-0.15, -0.1) is 0 Å². The van der Waals surface area contributed by atoms with Crippen molar-refractivity contribution in [1.82, 2.24) is 0 Å². The Bertz CT molecular complexity index is 1000. The van der Waals surface area contributed by atoms with Gasteiger partial charge in [0.2, 0.25) is 0 Å². The summed E-state index contributed by atoms with van der Waals surface area (Å²) >= 11 is 0. The number of nitrogens with one attached hydrogen (secondary N) is 2. The zero-order valence-electron chi connectivity index (χ0n) is 20.9. The van der Waals surface area contributed by atoms with Gasteiger partial charge in [-0.1, -0.05) is 36.4 Å². The largest absolute Gasteiger partial charge is 0.293 e. The van der Waals surface area contributed by atoms with Crippen LogP contribution in [-0.4, -0.2) is 47.5 Å². The van der Waals surface area contributed by atoms with Gasteiger partial charge in [0.25, 0.3) is 0 Å². The fourth-order valence-corrected chi connectivity index (χ4v) is 3.14. The van der Waals surface area contributed by atoms with Gasteiger partial charge in [0, 0.05) is 26.9 Å². The summed E-state index contributed by atoms with van der Waals surface area (Å²) in [5.74, 6) is -0.270. The smallest absolute Gasteiger partial charge is 0.181 e. The van der Waals surface area contributed by atoms with Gasteiger partial charge in [-0.3, -0.25) is 30.4 Å². The molecular formula is C27H34N6O2. The van der Waals surface area contributed by atoms with Crippen molar-refractivity contribution < 1.29 is 9.59 Å². The number of para-hydroxylation sites is 2. The summed E-state index contributed by atoms with van der Waals surface area (Å²) in [6, 6.07) is 18.9.